The van der Waals surface area contributed by atoms with Crippen LogP contribution in [0.1, 0.15) is 20.3 Å². The zero-order valence-electron chi connectivity index (χ0n) is 14.3. The Morgan fingerprint density at radius 3 is 2.48 bits per heavy atom. The Morgan fingerprint density at radius 1 is 1.26 bits per heavy atom. The maximum absolute atomic E-state index is 12.3. The molecule has 1 heterocycles. The lowest BCUT2D eigenvalue weighted by molar-refractivity contribution is -0.130. The summed E-state index contributed by atoms with van der Waals surface area (Å²) in [7, 11) is -4.40. The molecule has 148 valence electrons. The maximum atomic E-state index is 12.3. The molecule has 1 aromatic heterocycles. The van der Waals surface area contributed by atoms with Crippen molar-refractivity contribution in [3.8, 4) is 17.1 Å². The Labute approximate surface area is 152 Å². The number of aromatic nitrogens is 3. The van der Waals surface area contributed by atoms with E-state index < -0.39 is 38.8 Å². The lowest BCUT2D eigenvalue weighted by Crippen LogP contribution is -2.46. The maximum Gasteiger partial charge on any atom is 0.390 e. The molecule has 1 amide bonds. The Kier molecular flexibility index (Phi) is 5.50. The van der Waals surface area contributed by atoms with Gasteiger partial charge in [0, 0.05) is 0 Å². The first-order chi connectivity index (χ1) is 12.3. The van der Waals surface area contributed by atoms with Crippen molar-refractivity contribution < 1.29 is 31.5 Å². The highest BCUT2D eigenvalue weighted by Crippen LogP contribution is 2.28. The second kappa shape index (κ2) is 7.18. The molecule has 0 aliphatic rings. The second-order valence-corrected chi connectivity index (χ2v) is 8.83. The van der Waals surface area contributed by atoms with Crippen molar-refractivity contribution in [2.45, 2.75) is 31.2 Å². The van der Waals surface area contributed by atoms with Crippen LogP contribution in [0.3, 0.4) is 0 Å². The standard InChI is InChI=1S/C15H17F3N4O4S/c1-14(2,27(25,26)8-7-15(16,17)18)12(24)20-13-19-11(21-22-13)9-5-3-4-6-10(9)23/h3-6,23H,7-8H2,1-2H3,(H2,19,20,21,22,24). The molecular weight excluding hydrogens is 389 g/mol. The minimum atomic E-state index is -4.66. The predicted octanol–water partition coefficient (Wildman–Crippen LogP) is 2.26. The van der Waals surface area contributed by atoms with E-state index in [1.807, 2.05) is 0 Å². The number of amides is 1. The lowest BCUT2D eigenvalue weighted by Gasteiger charge is -2.23. The summed E-state index contributed by atoms with van der Waals surface area (Å²) in [6, 6.07) is 6.16. The fourth-order valence-electron chi connectivity index (χ4n) is 2.01. The Balaban J connectivity index is 2.15. The first-order valence-corrected chi connectivity index (χ1v) is 9.30. The number of hydrogen-bond acceptors (Lipinski definition) is 6. The van der Waals surface area contributed by atoms with Gasteiger partial charge < -0.3 is 5.11 Å². The lowest BCUT2D eigenvalue weighted by atomic mass is 10.2. The monoisotopic (exact) mass is 406 g/mol. The van der Waals surface area contributed by atoms with Gasteiger partial charge in [-0.3, -0.25) is 15.2 Å². The van der Waals surface area contributed by atoms with Crippen LogP contribution in [-0.2, 0) is 14.6 Å². The van der Waals surface area contributed by atoms with Crippen LogP contribution in [0, 0.1) is 0 Å². The zero-order chi connectivity index (χ0) is 20.5. The third-order valence-corrected chi connectivity index (χ3v) is 6.33. The molecule has 0 spiro atoms. The van der Waals surface area contributed by atoms with Gasteiger partial charge in [0.05, 0.1) is 17.7 Å². The summed E-state index contributed by atoms with van der Waals surface area (Å²) in [6.07, 6.45) is -6.21. The van der Waals surface area contributed by atoms with Gasteiger partial charge >= 0.3 is 6.18 Å². The van der Waals surface area contributed by atoms with E-state index in [1.165, 1.54) is 12.1 Å². The van der Waals surface area contributed by atoms with Gasteiger partial charge in [-0.1, -0.05) is 12.1 Å². The molecule has 2 rings (SSSR count). The third kappa shape index (κ3) is 4.76. The van der Waals surface area contributed by atoms with E-state index in [9.17, 15) is 31.5 Å². The van der Waals surface area contributed by atoms with Gasteiger partial charge in [-0.15, -0.1) is 5.10 Å². The normalized spacial score (nSPS) is 12.8. The van der Waals surface area contributed by atoms with Gasteiger partial charge in [-0.2, -0.15) is 18.2 Å². The Bertz CT molecular complexity index is 939. The first kappa shape index (κ1) is 20.7. The van der Waals surface area contributed by atoms with Gasteiger partial charge in [-0.05, 0) is 26.0 Å². The fraction of sp³-hybridized carbons (Fsp3) is 0.400. The summed E-state index contributed by atoms with van der Waals surface area (Å²) in [4.78, 5) is 16.2. The fourth-order valence-corrected chi connectivity index (χ4v) is 3.35. The number of aromatic amines is 1. The molecule has 0 radical (unpaired) electrons. The molecule has 1 aromatic carbocycles. The second-order valence-electron chi connectivity index (χ2n) is 6.17. The summed E-state index contributed by atoms with van der Waals surface area (Å²) < 4.78 is 59.1. The van der Waals surface area contributed by atoms with E-state index in [-0.39, 0.29) is 17.5 Å². The molecule has 27 heavy (non-hydrogen) atoms. The molecule has 0 bridgehead atoms. The number of nitrogens with zero attached hydrogens (tertiary/aromatic N) is 2. The van der Waals surface area contributed by atoms with E-state index in [0.29, 0.717) is 5.56 Å². The number of sulfone groups is 1. The van der Waals surface area contributed by atoms with Crippen LogP contribution in [0.2, 0.25) is 0 Å². The molecule has 0 aliphatic carbocycles. The van der Waals surface area contributed by atoms with E-state index in [1.54, 1.807) is 12.1 Å². The number of rotatable bonds is 6. The zero-order valence-corrected chi connectivity index (χ0v) is 15.1. The van der Waals surface area contributed by atoms with Crippen LogP contribution >= 0.6 is 0 Å². The number of para-hydroxylation sites is 1. The van der Waals surface area contributed by atoms with Crippen molar-refractivity contribution in [1.82, 2.24) is 15.2 Å². The minimum Gasteiger partial charge on any atom is -0.507 e. The predicted molar refractivity (Wildman–Crippen MR) is 90.7 cm³/mol. The summed E-state index contributed by atoms with van der Waals surface area (Å²) in [5.74, 6) is -2.55. The number of alkyl halides is 3. The number of halogens is 3. The van der Waals surface area contributed by atoms with Crippen molar-refractivity contribution in [2.24, 2.45) is 0 Å². The summed E-state index contributed by atoms with van der Waals surface area (Å²) in [6.45, 7) is 2.01. The number of phenols is 1. The summed E-state index contributed by atoms with van der Waals surface area (Å²) in [5, 5.41) is 18.1. The molecule has 0 unspecified atom stereocenters. The van der Waals surface area contributed by atoms with Crippen molar-refractivity contribution in [2.75, 3.05) is 11.1 Å². The van der Waals surface area contributed by atoms with Crippen LogP contribution < -0.4 is 5.32 Å². The van der Waals surface area contributed by atoms with Gasteiger partial charge in [0.25, 0.3) is 0 Å². The molecule has 0 fully saturated rings. The van der Waals surface area contributed by atoms with Crippen LogP contribution in [0.15, 0.2) is 24.3 Å². The van der Waals surface area contributed by atoms with E-state index in [4.69, 9.17) is 0 Å². The van der Waals surface area contributed by atoms with Gasteiger partial charge in [0.2, 0.25) is 11.9 Å². The number of hydrogen-bond donors (Lipinski definition) is 3. The number of carbonyl (C=O) groups is 1. The molecule has 0 saturated carbocycles. The van der Waals surface area contributed by atoms with Crippen LogP contribution in [0.4, 0.5) is 19.1 Å². The molecule has 0 saturated heterocycles. The van der Waals surface area contributed by atoms with Crippen molar-refractivity contribution >= 4 is 21.7 Å². The number of benzene rings is 1. The molecule has 0 atom stereocenters. The molecule has 2 aromatic rings. The molecule has 0 aliphatic heterocycles. The smallest absolute Gasteiger partial charge is 0.390 e. The van der Waals surface area contributed by atoms with Crippen LogP contribution in [0.25, 0.3) is 11.4 Å². The van der Waals surface area contributed by atoms with E-state index in [0.717, 1.165) is 13.8 Å². The molecular formula is C15H17F3N4O4S. The largest absolute Gasteiger partial charge is 0.507 e. The Hall–Kier alpha value is -2.63. The van der Waals surface area contributed by atoms with Crippen molar-refractivity contribution in [1.29, 1.82) is 0 Å². The average Bonchev–Trinajstić information content (AvgIpc) is 3.01. The SMILES string of the molecule is CC(C)(C(=O)Nc1n[nH]c(-c2ccccc2O)n1)S(=O)(=O)CCC(F)(F)F. The highest BCUT2D eigenvalue weighted by molar-refractivity contribution is 7.93. The Morgan fingerprint density at radius 2 is 1.89 bits per heavy atom. The topological polar surface area (TPSA) is 125 Å². The van der Waals surface area contributed by atoms with Gasteiger partial charge in [-0.25, -0.2) is 8.42 Å². The summed E-state index contributed by atoms with van der Waals surface area (Å²) >= 11 is 0. The summed E-state index contributed by atoms with van der Waals surface area (Å²) in [5.41, 5.74) is 0.294. The average molecular weight is 406 g/mol. The molecule has 3 N–H and O–H groups in total. The van der Waals surface area contributed by atoms with Crippen LogP contribution in [-0.4, -0.2) is 51.3 Å². The molecule has 12 heteroatoms. The number of anilines is 1. The number of H-pyrrole nitrogens is 1. The number of phenolic OH excluding ortho intramolecular Hbond substituents is 1. The highest BCUT2D eigenvalue weighted by atomic mass is 32.2. The van der Waals surface area contributed by atoms with Gasteiger partial charge in [0.15, 0.2) is 15.7 Å². The quantitative estimate of drug-likeness (QED) is 0.676. The number of aromatic hydroxyl groups is 1. The first-order valence-electron chi connectivity index (χ1n) is 7.65. The number of carbonyl (C=O) groups excluding carboxylic acids is 1. The van der Waals surface area contributed by atoms with E-state index >= 15 is 0 Å². The third-order valence-electron chi connectivity index (χ3n) is 3.85. The van der Waals surface area contributed by atoms with Crippen molar-refractivity contribution in [3.05, 3.63) is 24.3 Å². The molecule has 8 nitrogen and oxygen atoms in total. The van der Waals surface area contributed by atoms with Gasteiger partial charge in [0.1, 0.15) is 10.5 Å². The minimum absolute atomic E-state index is 0.0958. The number of nitrogens with one attached hydrogen (secondary N) is 2. The highest BCUT2D eigenvalue weighted by Gasteiger charge is 2.44. The van der Waals surface area contributed by atoms with Crippen LogP contribution in [0.5, 0.6) is 5.75 Å². The van der Waals surface area contributed by atoms with E-state index in [2.05, 4.69) is 20.5 Å². The van der Waals surface area contributed by atoms with Crippen molar-refractivity contribution in [3.63, 3.8) is 0 Å².